The maximum Gasteiger partial charge on any atom is 0.229 e. The molecule has 34 heavy (non-hydrogen) atoms. The molecule has 0 saturated carbocycles. The average Bonchev–Trinajstić information content (AvgIpc) is 2.88. The second-order valence-electron chi connectivity index (χ2n) is 8.19. The first-order valence-corrected chi connectivity index (χ1v) is 12.0. The quantitative estimate of drug-likeness (QED) is 0.483. The van der Waals surface area contributed by atoms with E-state index in [1.807, 2.05) is 59.5 Å². The standard InChI is InChI=1S/C27H22FN3O2S/c28-21-9-11-22(12-10-21)30-17-31-26(32)14-24(25(15-29)27(31)34-18-30)20-7-4-8-23(13-20)33-16-19-5-2-1-3-6-19/h1-13,24H,14,16-18H2/t24-/m1/s1. The summed E-state index contributed by atoms with van der Waals surface area (Å²) >= 11 is 1.46. The van der Waals surface area contributed by atoms with E-state index in [-0.39, 0.29) is 24.1 Å². The zero-order valence-corrected chi connectivity index (χ0v) is 19.2. The molecule has 0 bridgehead atoms. The smallest absolute Gasteiger partial charge is 0.229 e. The van der Waals surface area contributed by atoms with Gasteiger partial charge < -0.3 is 9.64 Å². The summed E-state index contributed by atoms with van der Waals surface area (Å²) in [5, 5.41) is 10.7. The first kappa shape index (κ1) is 22.1. The number of amides is 1. The van der Waals surface area contributed by atoms with E-state index >= 15 is 0 Å². The Morgan fingerprint density at radius 1 is 1.06 bits per heavy atom. The van der Waals surface area contributed by atoms with Gasteiger partial charge in [-0.3, -0.25) is 9.69 Å². The van der Waals surface area contributed by atoms with Crippen LogP contribution in [0.15, 0.2) is 89.5 Å². The number of hydrogen-bond donors (Lipinski definition) is 0. The third-order valence-electron chi connectivity index (χ3n) is 5.99. The van der Waals surface area contributed by atoms with Crippen molar-refractivity contribution in [3.63, 3.8) is 0 Å². The molecule has 2 aliphatic heterocycles. The van der Waals surface area contributed by atoms with Crippen LogP contribution in [0.1, 0.15) is 23.5 Å². The Bertz CT molecular complexity index is 1270. The Balaban J connectivity index is 1.37. The van der Waals surface area contributed by atoms with Gasteiger partial charge >= 0.3 is 0 Å². The van der Waals surface area contributed by atoms with Crippen molar-refractivity contribution in [3.8, 4) is 11.8 Å². The van der Waals surface area contributed by atoms with Gasteiger partial charge in [-0.25, -0.2) is 4.39 Å². The fraction of sp³-hybridized carbons (Fsp3) is 0.185. The van der Waals surface area contributed by atoms with Crippen LogP contribution in [0.25, 0.3) is 0 Å². The van der Waals surface area contributed by atoms with Crippen LogP contribution in [-0.2, 0) is 11.4 Å². The van der Waals surface area contributed by atoms with Crippen LogP contribution in [0.5, 0.6) is 5.75 Å². The van der Waals surface area contributed by atoms with Gasteiger partial charge in [0.1, 0.15) is 18.2 Å². The molecule has 3 aromatic rings. The maximum absolute atomic E-state index is 13.3. The third-order valence-corrected chi connectivity index (χ3v) is 7.15. The minimum Gasteiger partial charge on any atom is -0.489 e. The van der Waals surface area contributed by atoms with E-state index in [9.17, 15) is 14.4 Å². The van der Waals surface area contributed by atoms with E-state index in [2.05, 4.69) is 6.07 Å². The zero-order valence-electron chi connectivity index (χ0n) is 18.4. The number of benzene rings is 3. The predicted octanol–water partition coefficient (Wildman–Crippen LogP) is 5.62. The van der Waals surface area contributed by atoms with Gasteiger partial charge in [0, 0.05) is 18.0 Å². The van der Waals surface area contributed by atoms with Crippen LogP contribution in [0.2, 0.25) is 0 Å². The molecule has 5 rings (SSSR count). The molecule has 0 N–H and O–H groups in total. The predicted molar refractivity (Wildman–Crippen MR) is 130 cm³/mol. The number of nitrogens with zero attached hydrogens (tertiary/aromatic N) is 3. The topological polar surface area (TPSA) is 56.6 Å². The van der Waals surface area contributed by atoms with Gasteiger partial charge in [-0.1, -0.05) is 54.2 Å². The Kier molecular flexibility index (Phi) is 6.24. The molecule has 0 aliphatic carbocycles. The van der Waals surface area contributed by atoms with Crippen molar-refractivity contribution in [2.45, 2.75) is 18.9 Å². The van der Waals surface area contributed by atoms with E-state index in [0.29, 0.717) is 35.5 Å². The normalized spacial score (nSPS) is 17.9. The second-order valence-corrected chi connectivity index (χ2v) is 9.12. The number of hydrogen-bond acceptors (Lipinski definition) is 5. The summed E-state index contributed by atoms with van der Waals surface area (Å²) < 4.78 is 19.3. The fourth-order valence-corrected chi connectivity index (χ4v) is 5.39. The van der Waals surface area contributed by atoms with Gasteiger partial charge in [0.25, 0.3) is 0 Å². The first-order valence-electron chi connectivity index (χ1n) is 11.0. The summed E-state index contributed by atoms with van der Waals surface area (Å²) in [5.74, 6) is 0.635. The van der Waals surface area contributed by atoms with Crippen LogP contribution in [0.4, 0.5) is 10.1 Å². The van der Waals surface area contributed by atoms with Crippen LogP contribution < -0.4 is 9.64 Å². The molecular weight excluding hydrogens is 449 g/mol. The van der Waals surface area contributed by atoms with Gasteiger partial charge in [0.15, 0.2) is 0 Å². The summed E-state index contributed by atoms with van der Waals surface area (Å²) in [5.41, 5.74) is 3.40. The highest BCUT2D eigenvalue weighted by molar-refractivity contribution is 8.03. The number of thioether (sulfide) groups is 1. The average molecular weight is 472 g/mol. The lowest BCUT2D eigenvalue weighted by molar-refractivity contribution is -0.129. The van der Waals surface area contributed by atoms with E-state index in [1.165, 1.54) is 23.9 Å². The molecule has 3 aromatic carbocycles. The van der Waals surface area contributed by atoms with Crippen LogP contribution in [-0.4, -0.2) is 23.4 Å². The number of carbonyl (C=O) groups excluding carboxylic acids is 1. The van der Waals surface area contributed by atoms with E-state index < -0.39 is 0 Å². The Morgan fingerprint density at radius 3 is 2.62 bits per heavy atom. The Labute approximate surface area is 202 Å². The zero-order chi connectivity index (χ0) is 23.5. The van der Waals surface area contributed by atoms with Gasteiger partial charge in [-0.2, -0.15) is 5.26 Å². The van der Waals surface area contributed by atoms with Gasteiger partial charge in [-0.15, -0.1) is 0 Å². The molecule has 7 heteroatoms. The fourth-order valence-electron chi connectivity index (χ4n) is 4.22. The highest BCUT2D eigenvalue weighted by Crippen LogP contribution is 2.43. The number of carbonyl (C=O) groups is 1. The Hall–Kier alpha value is -3.76. The summed E-state index contributed by atoms with van der Waals surface area (Å²) in [4.78, 5) is 16.8. The summed E-state index contributed by atoms with van der Waals surface area (Å²) in [6.45, 7) is 0.786. The van der Waals surface area contributed by atoms with E-state index in [1.54, 1.807) is 17.0 Å². The van der Waals surface area contributed by atoms with Gasteiger partial charge in [-0.05, 0) is 47.5 Å². The monoisotopic (exact) mass is 471 g/mol. The SMILES string of the molecule is N#CC1=C2SCN(c3ccc(F)cc3)CN2C(=O)C[C@@H]1c1cccc(OCc2ccccc2)c1. The maximum atomic E-state index is 13.3. The molecule has 5 nitrogen and oxygen atoms in total. The lowest BCUT2D eigenvalue weighted by Crippen LogP contribution is -2.47. The molecule has 0 radical (unpaired) electrons. The number of allylic oxidation sites excluding steroid dienone is 1. The number of fused-ring (bicyclic) bond motifs is 1. The highest BCUT2D eigenvalue weighted by atomic mass is 32.2. The molecular formula is C27H22FN3O2S. The van der Waals surface area contributed by atoms with Crippen LogP contribution >= 0.6 is 11.8 Å². The number of ether oxygens (including phenoxy) is 1. The van der Waals surface area contributed by atoms with Crippen molar-refractivity contribution < 1.29 is 13.9 Å². The van der Waals surface area contributed by atoms with Gasteiger partial charge in [0.2, 0.25) is 5.91 Å². The third kappa shape index (κ3) is 4.50. The number of nitriles is 1. The summed E-state index contributed by atoms with van der Waals surface area (Å²) in [7, 11) is 0. The van der Waals surface area contributed by atoms with Gasteiger partial charge in [0.05, 0.1) is 29.2 Å². The molecule has 1 saturated heterocycles. The van der Waals surface area contributed by atoms with E-state index in [4.69, 9.17) is 4.74 Å². The molecule has 1 atom stereocenters. The molecule has 2 aliphatic rings. The first-order chi connectivity index (χ1) is 16.6. The lowest BCUT2D eigenvalue weighted by atomic mass is 9.86. The van der Waals surface area contributed by atoms with Crippen molar-refractivity contribution in [3.05, 3.63) is 106 Å². The molecule has 1 amide bonds. The van der Waals surface area contributed by atoms with Crippen molar-refractivity contribution in [1.82, 2.24) is 4.90 Å². The number of rotatable bonds is 5. The lowest BCUT2D eigenvalue weighted by Gasteiger charge is -2.42. The van der Waals surface area contributed by atoms with Crippen molar-refractivity contribution >= 4 is 23.4 Å². The van der Waals surface area contributed by atoms with Crippen LogP contribution in [0.3, 0.4) is 0 Å². The van der Waals surface area contributed by atoms with Crippen LogP contribution in [0, 0.1) is 17.1 Å². The van der Waals surface area contributed by atoms with Crippen molar-refractivity contribution in [1.29, 1.82) is 5.26 Å². The largest absolute Gasteiger partial charge is 0.489 e. The molecule has 2 heterocycles. The highest BCUT2D eigenvalue weighted by Gasteiger charge is 2.38. The number of halogens is 1. The molecule has 0 aromatic heterocycles. The second kappa shape index (κ2) is 9.62. The van der Waals surface area contributed by atoms with Crippen molar-refractivity contribution in [2.24, 2.45) is 0 Å². The molecule has 0 unspecified atom stereocenters. The van der Waals surface area contributed by atoms with E-state index in [0.717, 1.165) is 16.8 Å². The molecule has 1 fully saturated rings. The molecule has 0 spiro atoms. The molecule has 170 valence electrons. The minimum absolute atomic E-state index is 0.0334. The minimum atomic E-state index is -0.311. The van der Waals surface area contributed by atoms with Crippen molar-refractivity contribution in [2.75, 3.05) is 17.4 Å². The Morgan fingerprint density at radius 2 is 1.85 bits per heavy atom. The summed E-state index contributed by atoms with van der Waals surface area (Å²) in [6, 6.07) is 26.2. The summed E-state index contributed by atoms with van der Waals surface area (Å²) in [6.07, 6.45) is 0.215. The number of anilines is 1.